The van der Waals surface area contributed by atoms with E-state index in [1.165, 1.54) is 54.2 Å². The third-order valence-electron chi connectivity index (χ3n) is 8.15. The lowest BCUT2D eigenvalue weighted by Gasteiger charge is -2.18. The zero-order valence-electron chi connectivity index (χ0n) is 28.7. The van der Waals surface area contributed by atoms with Gasteiger partial charge in [-0.15, -0.1) is 5.10 Å². The van der Waals surface area contributed by atoms with Crippen LogP contribution in [0.3, 0.4) is 0 Å². The number of benzene rings is 5. The van der Waals surface area contributed by atoms with E-state index in [0.29, 0.717) is 22.9 Å². The number of phenolic OH excluding ortho intramolecular Hbond substituents is 1. The van der Waals surface area contributed by atoms with Crippen molar-refractivity contribution in [2.24, 2.45) is 5.92 Å². The first-order valence-electron chi connectivity index (χ1n) is 16.4. The first-order valence-corrected chi connectivity index (χ1v) is 18.1. The number of thioether (sulfide) groups is 1. The molecule has 0 saturated heterocycles. The first-order chi connectivity index (χ1) is 25.9. The SMILES string of the molecule is Cc1ccc(CC(C)C(=O)Nc2cc(O)c(NC(=O)c3ccc(Cl)c(Cl)c3)cc2Oc2ccc(CSc3nnnn3-c3ccccc3)cc2[N+](=O)[O-])cc1. The van der Waals surface area contributed by atoms with Gasteiger partial charge in [0, 0.05) is 35.4 Å². The van der Waals surface area contributed by atoms with Gasteiger partial charge in [-0.05, 0) is 71.3 Å². The smallest absolute Gasteiger partial charge is 0.311 e. The molecule has 3 N–H and O–H groups in total. The van der Waals surface area contributed by atoms with Crippen LogP contribution in [0.2, 0.25) is 10.0 Å². The summed E-state index contributed by atoms with van der Waals surface area (Å²) in [6.07, 6.45) is 0.425. The highest BCUT2D eigenvalue weighted by atomic mass is 35.5. The molecule has 13 nitrogen and oxygen atoms in total. The zero-order valence-corrected chi connectivity index (χ0v) is 31.0. The topological polar surface area (TPSA) is 174 Å². The number of nitrogens with zero attached hydrogens (tertiary/aromatic N) is 5. The standard InChI is InChI=1S/C38H31Cl2N7O6S/c1-22-8-10-24(11-9-22)16-23(2)36(49)42-31-19-33(48)30(41-37(50)26-13-14-28(39)29(40)18-26)20-35(31)53-34-15-12-25(17-32(34)47(51)52)21-54-38-43-44-45-46(38)27-6-4-3-5-7-27/h3-15,17-20,23,48H,16,21H2,1-2H3,(H,41,50)(H,42,49). The fourth-order valence-corrected chi connectivity index (χ4v) is 6.39. The molecular weight excluding hydrogens is 753 g/mol. The lowest BCUT2D eigenvalue weighted by atomic mass is 9.99. The quantitative estimate of drug-likeness (QED) is 0.0444. The molecule has 1 heterocycles. The maximum atomic E-state index is 13.4. The molecule has 0 saturated carbocycles. The minimum absolute atomic E-state index is 0.0162. The van der Waals surface area contributed by atoms with Crippen LogP contribution in [0.4, 0.5) is 17.1 Å². The van der Waals surface area contributed by atoms with Crippen LogP contribution < -0.4 is 15.4 Å². The molecule has 54 heavy (non-hydrogen) atoms. The lowest BCUT2D eigenvalue weighted by Crippen LogP contribution is -2.22. The Hall–Kier alpha value is -5.96. The number of anilines is 2. The van der Waals surface area contributed by atoms with E-state index in [1.54, 1.807) is 17.7 Å². The molecule has 6 aromatic rings. The molecule has 1 atom stereocenters. The molecule has 16 heteroatoms. The van der Waals surface area contributed by atoms with Crippen molar-refractivity contribution in [3.63, 3.8) is 0 Å². The number of tetrazole rings is 1. The number of nitro groups is 1. The molecule has 5 aromatic carbocycles. The fourth-order valence-electron chi connectivity index (χ4n) is 5.26. The van der Waals surface area contributed by atoms with Crippen LogP contribution in [0.1, 0.15) is 34.0 Å². The Bertz CT molecular complexity index is 2340. The van der Waals surface area contributed by atoms with Crippen LogP contribution in [-0.2, 0) is 17.0 Å². The van der Waals surface area contributed by atoms with Gasteiger partial charge in [0.25, 0.3) is 5.91 Å². The molecule has 0 aliphatic carbocycles. The van der Waals surface area contributed by atoms with E-state index in [0.717, 1.165) is 16.8 Å². The van der Waals surface area contributed by atoms with Crippen LogP contribution in [-0.4, -0.2) is 42.1 Å². The second kappa shape index (κ2) is 16.8. The second-order valence-corrected chi connectivity index (χ2v) is 13.9. The zero-order chi connectivity index (χ0) is 38.4. The van der Waals surface area contributed by atoms with E-state index >= 15 is 0 Å². The van der Waals surface area contributed by atoms with Crippen molar-refractivity contribution in [1.82, 2.24) is 20.2 Å². The van der Waals surface area contributed by atoms with E-state index in [9.17, 15) is 24.8 Å². The number of ether oxygens (including phenoxy) is 1. The summed E-state index contributed by atoms with van der Waals surface area (Å²) in [5.74, 6) is -1.89. The number of aromatic hydroxyl groups is 1. The summed E-state index contributed by atoms with van der Waals surface area (Å²) >= 11 is 13.4. The number of hydrogen-bond acceptors (Lipinski definition) is 10. The van der Waals surface area contributed by atoms with Crippen molar-refractivity contribution in [3.8, 4) is 22.9 Å². The molecule has 0 aliphatic rings. The van der Waals surface area contributed by atoms with E-state index in [2.05, 4.69) is 26.2 Å². The van der Waals surface area contributed by atoms with Crippen LogP contribution >= 0.6 is 35.0 Å². The summed E-state index contributed by atoms with van der Waals surface area (Å²) in [6, 6.07) is 28.3. The molecule has 274 valence electrons. The number of nitrogens with one attached hydrogen (secondary N) is 2. The van der Waals surface area contributed by atoms with Gasteiger partial charge in [0.2, 0.25) is 16.8 Å². The summed E-state index contributed by atoms with van der Waals surface area (Å²) in [4.78, 5) is 38.3. The normalized spacial score (nSPS) is 11.5. The van der Waals surface area contributed by atoms with Gasteiger partial charge in [-0.25, -0.2) is 0 Å². The molecule has 1 aromatic heterocycles. The molecule has 0 spiro atoms. The number of nitro benzene ring substituents is 1. The van der Waals surface area contributed by atoms with Gasteiger partial charge in [0.1, 0.15) is 5.75 Å². The average molecular weight is 785 g/mol. The predicted molar refractivity (Wildman–Crippen MR) is 207 cm³/mol. The van der Waals surface area contributed by atoms with Gasteiger partial charge >= 0.3 is 5.69 Å². The number of halogens is 2. The monoisotopic (exact) mass is 783 g/mol. The van der Waals surface area contributed by atoms with Gasteiger partial charge in [-0.1, -0.05) is 96.0 Å². The lowest BCUT2D eigenvalue weighted by molar-refractivity contribution is -0.385. The number of phenols is 1. The summed E-state index contributed by atoms with van der Waals surface area (Å²) in [5.41, 5.74) is 3.08. The van der Waals surface area contributed by atoms with E-state index in [4.69, 9.17) is 27.9 Å². The Labute approximate surface area is 323 Å². The summed E-state index contributed by atoms with van der Waals surface area (Å²) in [5, 5.41) is 41.5. The number of para-hydroxylation sites is 1. The Morgan fingerprint density at radius 2 is 1.65 bits per heavy atom. The third-order valence-corrected chi connectivity index (χ3v) is 9.87. The highest BCUT2D eigenvalue weighted by molar-refractivity contribution is 7.98. The molecule has 0 radical (unpaired) electrons. The Kier molecular flexibility index (Phi) is 11.8. The number of aromatic nitrogens is 4. The largest absolute Gasteiger partial charge is 0.506 e. The molecule has 0 bridgehead atoms. The van der Waals surface area contributed by atoms with E-state index < -0.39 is 28.4 Å². The highest BCUT2D eigenvalue weighted by Crippen LogP contribution is 2.42. The molecule has 2 amide bonds. The van der Waals surface area contributed by atoms with Crippen molar-refractivity contribution in [1.29, 1.82) is 0 Å². The number of aryl methyl sites for hydroxylation is 1. The number of hydrogen-bond donors (Lipinski definition) is 3. The number of amides is 2. The molecule has 6 rings (SSSR count). The van der Waals surface area contributed by atoms with Crippen molar-refractivity contribution in [2.45, 2.75) is 31.2 Å². The maximum Gasteiger partial charge on any atom is 0.311 e. The molecule has 0 fully saturated rings. The number of carbonyl (C=O) groups is 2. The van der Waals surface area contributed by atoms with Crippen molar-refractivity contribution >= 4 is 63.8 Å². The highest BCUT2D eigenvalue weighted by Gasteiger charge is 2.23. The van der Waals surface area contributed by atoms with E-state index in [1.807, 2.05) is 61.5 Å². The van der Waals surface area contributed by atoms with Gasteiger partial charge in [0.05, 0.1) is 32.0 Å². The van der Waals surface area contributed by atoms with Crippen LogP contribution in [0, 0.1) is 23.0 Å². The van der Waals surface area contributed by atoms with E-state index in [-0.39, 0.29) is 44.2 Å². The number of rotatable bonds is 13. The van der Waals surface area contributed by atoms with Crippen molar-refractivity contribution in [3.05, 3.63) is 146 Å². The van der Waals surface area contributed by atoms with Crippen LogP contribution in [0.5, 0.6) is 17.2 Å². The minimum Gasteiger partial charge on any atom is -0.506 e. The Balaban J connectivity index is 1.28. The van der Waals surface area contributed by atoms with Gasteiger partial charge in [0.15, 0.2) is 5.75 Å². The Morgan fingerprint density at radius 3 is 2.37 bits per heavy atom. The van der Waals surface area contributed by atoms with Crippen LogP contribution in [0.15, 0.2) is 108 Å². The first kappa shape index (κ1) is 37.8. The Morgan fingerprint density at radius 1 is 0.907 bits per heavy atom. The summed E-state index contributed by atoms with van der Waals surface area (Å²) in [7, 11) is 0. The summed E-state index contributed by atoms with van der Waals surface area (Å²) < 4.78 is 7.68. The third kappa shape index (κ3) is 9.15. The average Bonchev–Trinajstić information content (AvgIpc) is 3.64. The van der Waals surface area contributed by atoms with Crippen molar-refractivity contribution in [2.75, 3.05) is 10.6 Å². The van der Waals surface area contributed by atoms with Gasteiger partial charge < -0.3 is 20.5 Å². The van der Waals surface area contributed by atoms with Crippen LogP contribution in [0.25, 0.3) is 5.69 Å². The number of carbonyl (C=O) groups excluding carboxylic acids is 2. The summed E-state index contributed by atoms with van der Waals surface area (Å²) in [6.45, 7) is 3.72. The predicted octanol–water partition coefficient (Wildman–Crippen LogP) is 9.05. The maximum absolute atomic E-state index is 13.4. The second-order valence-electron chi connectivity index (χ2n) is 12.2. The molecule has 1 unspecified atom stereocenters. The molecular formula is C38H31Cl2N7O6S. The van der Waals surface area contributed by atoms with Gasteiger partial charge in [-0.2, -0.15) is 4.68 Å². The van der Waals surface area contributed by atoms with Gasteiger partial charge in [-0.3, -0.25) is 19.7 Å². The van der Waals surface area contributed by atoms with Crippen molar-refractivity contribution < 1.29 is 24.4 Å². The molecule has 0 aliphatic heterocycles. The minimum atomic E-state index is -0.635. The fraction of sp³-hybridized carbons (Fsp3) is 0.132.